The zero-order valence-corrected chi connectivity index (χ0v) is 12.0. The highest BCUT2D eigenvalue weighted by atomic mass is 16.5. The number of fused-ring (bicyclic) bond motifs is 1. The third kappa shape index (κ3) is 4.24. The third-order valence-corrected chi connectivity index (χ3v) is 3.92. The summed E-state index contributed by atoms with van der Waals surface area (Å²) in [7, 11) is 0. The second kappa shape index (κ2) is 7.54. The molecule has 0 amide bonds. The lowest BCUT2D eigenvalue weighted by Crippen LogP contribution is -2.09. The van der Waals surface area contributed by atoms with Crippen LogP contribution < -0.4 is 4.74 Å². The van der Waals surface area contributed by atoms with Crippen LogP contribution in [0.5, 0.6) is 5.75 Å². The molecule has 1 atom stereocenters. The van der Waals surface area contributed by atoms with Gasteiger partial charge in [0, 0.05) is 0 Å². The summed E-state index contributed by atoms with van der Waals surface area (Å²) in [5, 5.41) is 10.00. The van der Waals surface area contributed by atoms with Gasteiger partial charge in [0.1, 0.15) is 5.75 Å². The average Bonchev–Trinajstić information content (AvgIpc) is 2.43. The maximum absolute atomic E-state index is 10.00. The molecule has 106 valence electrons. The van der Waals surface area contributed by atoms with Crippen molar-refractivity contribution in [2.75, 3.05) is 6.61 Å². The number of hydrogen-bond donors (Lipinski definition) is 1. The molecule has 0 heterocycles. The summed E-state index contributed by atoms with van der Waals surface area (Å²) < 4.78 is 5.79. The number of aliphatic hydroxyl groups is 1. The van der Waals surface area contributed by atoms with Crippen molar-refractivity contribution in [2.45, 2.75) is 64.4 Å². The van der Waals surface area contributed by atoms with Gasteiger partial charge in [-0.3, -0.25) is 0 Å². The standard InChI is InChI=1S/C17H26O2/c1-2-3-4-5-6-12-19-15-11-10-14-8-7-9-17(18)16(14)13-15/h10-11,13,17-18H,2-9,12H2,1H3/t17-/m1/s1. The number of unbranched alkanes of at least 4 members (excludes halogenated alkanes) is 4. The van der Waals surface area contributed by atoms with E-state index in [9.17, 15) is 5.11 Å². The number of rotatable bonds is 7. The summed E-state index contributed by atoms with van der Waals surface area (Å²) in [6.45, 7) is 3.02. The second-order valence-corrected chi connectivity index (χ2v) is 5.53. The van der Waals surface area contributed by atoms with Crippen LogP contribution in [0.25, 0.3) is 0 Å². The van der Waals surface area contributed by atoms with E-state index in [1.165, 1.54) is 31.2 Å². The zero-order valence-electron chi connectivity index (χ0n) is 12.0. The molecule has 0 saturated carbocycles. The van der Waals surface area contributed by atoms with Gasteiger partial charge in [-0.15, -0.1) is 0 Å². The molecule has 2 nitrogen and oxygen atoms in total. The quantitative estimate of drug-likeness (QED) is 0.738. The fourth-order valence-electron chi connectivity index (χ4n) is 2.74. The van der Waals surface area contributed by atoms with Crippen LogP contribution in [0.1, 0.15) is 69.1 Å². The minimum absolute atomic E-state index is 0.295. The van der Waals surface area contributed by atoms with Gasteiger partial charge in [-0.1, -0.05) is 38.7 Å². The highest BCUT2D eigenvalue weighted by Crippen LogP contribution is 2.32. The summed E-state index contributed by atoms with van der Waals surface area (Å²) in [5.74, 6) is 0.912. The van der Waals surface area contributed by atoms with Gasteiger partial charge in [-0.2, -0.15) is 0 Å². The SMILES string of the molecule is CCCCCCCOc1ccc2c(c1)[C@H](O)CCC2. The molecule has 2 rings (SSSR count). The number of benzene rings is 1. The van der Waals surface area contributed by atoms with Gasteiger partial charge in [0.05, 0.1) is 12.7 Å². The third-order valence-electron chi connectivity index (χ3n) is 3.92. The Bertz CT molecular complexity index is 387. The zero-order chi connectivity index (χ0) is 13.5. The van der Waals surface area contributed by atoms with Crippen LogP contribution in [0.15, 0.2) is 18.2 Å². The Morgan fingerprint density at radius 3 is 2.89 bits per heavy atom. The van der Waals surface area contributed by atoms with E-state index >= 15 is 0 Å². The van der Waals surface area contributed by atoms with Crippen molar-refractivity contribution in [1.82, 2.24) is 0 Å². The molecule has 0 bridgehead atoms. The van der Waals surface area contributed by atoms with Crippen LogP contribution >= 0.6 is 0 Å². The molecule has 1 N–H and O–H groups in total. The highest BCUT2D eigenvalue weighted by molar-refractivity contribution is 5.38. The van der Waals surface area contributed by atoms with E-state index < -0.39 is 0 Å². The van der Waals surface area contributed by atoms with E-state index in [-0.39, 0.29) is 6.10 Å². The van der Waals surface area contributed by atoms with Crippen molar-refractivity contribution in [2.24, 2.45) is 0 Å². The molecule has 0 fully saturated rings. The molecule has 2 heteroatoms. The molecule has 1 aromatic carbocycles. The van der Waals surface area contributed by atoms with Gasteiger partial charge < -0.3 is 9.84 Å². The summed E-state index contributed by atoms with van der Waals surface area (Å²) in [6, 6.07) is 6.19. The van der Waals surface area contributed by atoms with E-state index in [1.54, 1.807) is 0 Å². The van der Waals surface area contributed by atoms with Crippen molar-refractivity contribution in [1.29, 1.82) is 0 Å². The number of hydrogen-bond acceptors (Lipinski definition) is 2. The highest BCUT2D eigenvalue weighted by Gasteiger charge is 2.18. The van der Waals surface area contributed by atoms with Gasteiger partial charge >= 0.3 is 0 Å². The van der Waals surface area contributed by atoms with Crippen molar-refractivity contribution >= 4 is 0 Å². The topological polar surface area (TPSA) is 29.5 Å². The first-order valence-corrected chi connectivity index (χ1v) is 7.75. The molecule has 0 aliphatic heterocycles. The lowest BCUT2D eigenvalue weighted by molar-refractivity contribution is 0.156. The Morgan fingerprint density at radius 2 is 2.05 bits per heavy atom. The molecule has 0 radical (unpaired) electrons. The molecule has 1 aliphatic rings. The Balaban J connectivity index is 1.79. The molecule has 0 unspecified atom stereocenters. The van der Waals surface area contributed by atoms with Gasteiger partial charge in [0.2, 0.25) is 0 Å². The van der Waals surface area contributed by atoms with Gasteiger partial charge in [-0.25, -0.2) is 0 Å². The van der Waals surface area contributed by atoms with Crippen LogP contribution in [-0.2, 0) is 6.42 Å². The first kappa shape index (κ1) is 14.4. The van der Waals surface area contributed by atoms with Crippen molar-refractivity contribution < 1.29 is 9.84 Å². The average molecular weight is 262 g/mol. The Kier molecular flexibility index (Phi) is 5.71. The maximum Gasteiger partial charge on any atom is 0.119 e. The molecule has 1 aromatic rings. The number of aliphatic hydroxyl groups excluding tert-OH is 1. The van der Waals surface area contributed by atoms with Gasteiger partial charge in [0.15, 0.2) is 0 Å². The second-order valence-electron chi connectivity index (χ2n) is 5.53. The summed E-state index contributed by atoms with van der Waals surface area (Å²) in [5.41, 5.74) is 2.36. The Hall–Kier alpha value is -1.02. The monoisotopic (exact) mass is 262 g/mol. The van der Waals surface area contributed by atoms with E-state index in [0.717, 1.165) is 43.6 Å². The van der Waals surface area contributed by atoms with E-state index in [2.05, 4.69) is 13.0 Å². The Labute approximate surface area is 116 Å². The van der Waals surface area contributed by atoms with Crippen molar-refractivity contribution in [3.8, 4) is 5.75 Å². The predicted molar refractivity (Wildman–Crippen MR) is 78.6 cm³/mol. The first-order chi connectivity index (χ1) is 9.31. The summed E-state index contributed by atoms with van der Waals surface area (Å²) >= 11 is 0. The molecule has 0 aromatic heterocycles. The van der Waals surface area contributed by atoms with Crippen LogP contribution in [0.3, 0.4) is 0 Å². The van der Waals surface area contributed by atoms with E-state index in [0.29, 0.717) is 0 Å². The molecular weight excluding hydrogens is 236 g/mol. The van der Waals surface area contributed by atoms with Crippen LogP contribution in [0.4, 0.5) is 0 Å². The normalized spacial score (nSPS) is 18.1. The largest absolute Gasteiger partial charge is 0.494 e. The summed E-state index contributed by atoms with van der Waals surface area (Å²) in [6.07, 6.45) is 9.05. The van der Waals surface area contributed by atoms with Gasteiger partial charge in [0.25, 0.3) is 0 Å². The van der Waals surface area contributed by atoms with E-state index in [1.807, 2.05) is 12.1 Å². The molecule has 0 spiro atoms. The maximum atomic E-state index is 10.00. The molecule has 19 heavy (non-hydrogen) atoms. The van der Waals surface area contributed by atoms with Crippen molar-refractivity contribution in [3.05, 3.63) is 29.3 Å². The predicted octanol–water partition coefficient (Wildman–Crippen LogP) is 4.41. The number of ether oxygens (including phenoxy) is 1. The van der Waals surface area contributed by atoms with Crippen LogP contribution in [0.2, 0.25) is 0 Å². The fraction of sp³-hybridized carbons (Fsp3) is 0.647. The minimum atomic E-state index is -0.295. The van der Waals surface area contributed by atoms with E-state index in [4.69, 9.17) is 4.74 Å². The van der Waals surface area contributed by atoms with Crippen molar-refractivity contribution in [3.63, 3.8) is 0 Å². The lowest BCUT2D eigenvalue weighted by atomic mass is 9.89. The molecular formula is C17H26O2. The van der Waals surface area contributed by atoms with Crippen LogP contribution in [-0.4, -0.2) is 11.7 Å². The minimum Gasteiger partial charge on any atom is -0.494 e. The molecule has 1 aliphatic carbocycles. The Morgan fingerprint density at radius 1 is 1.21 bits per heavy atom. The lowest BCUT2D eigenvalue weighted by Gasteiger charge is -2.22. The smallest absolute Gasteiger partial charge is 0.119 e. The first-order valence-electron chi connectivity index (χ1n) is 7.75. The number of aryl methyl sites for hydroxylation is 1. The summed E-state index contributed by atoms with van der Waals surface area (Å²) in [4.78, 5) is 0. The fourth-order valence-corrected chi connectivity index (χ4v) is 2.74. The van der Waals surface area contributed by atoms with Crippen LogP contribution in [0, 0.1) is 0 Å². The van der Waals surface area contributed by atoms with Gasteiger partial charge in [-0.05, 0) is 48.9 Å². The molecule has 0 saturated heterocycles.